The third-order valence-electron chi connectivity index (χ3n) is 2.89. The second-order valence-corrected chi connectivity index (χ2v) is 7.01. The molecule has 2 atom stereocenters. The summed E-state index contributed by atoms with van der Waals surface area (Å²) in [6, 6.07) is 0. The highest BCUT2D eigenvalue weighted by Crippen LogP contribution is 2.43. The minimum Gasteiger partial charge on any atom is -0.396 e. The first-order valence-corrected chi connectivity index (χ1v) is 6.74. The van der Waals surface area contributed by atoms with Gasteiger partial charge in [-0.3, -0.25) is 0 Å². The number of rotatable bonds is 4. The van der Waals surface area contributed by atoms with Gasteiger partial charge < -0.3 is 9.84 Å². The fraction of sp³-hybridized carbons (Fsp3) is 1.00. The SMILES string of the molecule is CC(CO)CSC1CC(C)(C)OC1(C)C. The first-order chi connectivity index (χ1) is 6.77. The van der Waals surface area contributed by atoms with Crippen LogP contribution in [0.25, 0.3) is 0 Å². The molecule has 0 aliphatic carbocycles. The van der Waals surface area contributed by atoms with Gasteiger partial charge in [0.2, 0.25) is 0 Å². The third-order valence-corrected chi connectivity index (χ3v) is 4.78. The summed E-state index contributed by atoms with van der Waals surface area (Å²) < 4.78 is 6.03. The lowest BCUT2D eigenvalue weighted by molar-refractivity contribution is -0.0631. The van der Waals surface area contributed by atoms with Gasteiger partial charge in [0.15, 0.2) is 0 Å². The van der Waals surface area contributed by atoms with Crippen molar-refractivity contribution in [1.82, 2.24) is 0 Å². The molecule has 1 N–H and O–H groups in total. The van der Waals surface area contributed by atoms with Crippen LogP contribution in [0.15, 0.2) is 0 Å². The average molecular weight is 232 g/mol. The molecule has 0 radical (unpaired) electrons. The quantitative estimate of drug-likeness (QED) is 0.808. The van der Waals surface area contributed by atoms with Gasteiger partial charge in [-0.2, -0.15) is 11.8 Å². The smallest absolute Gasteiger partial charge is 0.0752 e. The van der Waals surface area contributed by atoms with Crippen molar-refractivity contribution in [3.05, 3.63) is 0 Å². The third kappa shape index (κ3) is 3.65. The van der Waals surface area contributed by atoms with Gasteiger partial charge in [0.25, 0.3) is 0 Å². The second-order valence-electron chi connectivity index (χ2n) is 5.78. The van der Waals surface area contributed by atoms with Crippen molar-refractivity contribution in [2.75, 3.05) is 12.4 Å². The highest BCUT2D eigenvalue weighted by Gasteiger charge is 2.45. The molecule has 90 valence electrons. The summed E-state index contributed by atoms with van der Waals surface area (Å²) in [5.74, 6) is 1.40. The summed E-state index contributed by atoms with van der Waals surface area (Å²) in [5, 5.41) is 9.54. The van der Waals surface area contributed by atoms with Crippen molar-refractivity contribution in [2.45, 2.75) is 57.5 Å². The topological polar surface area (TPSA) is 29.5 Å². The Labute approximate surface area is 97.8 Å². The monoisotopic (exact) mass is 232 g/mol. The number of aliphatic hydroxyl groups excluding tert-OH is 1. The summed E-state index contributed by atoms with van der Waals surface area (Å²) >= 11 is 1.94. The normalized spacial score (nSPS) is 30.4. The first-order valence-electron chi connectivity index (χ1n) is 5.69. The van der Waals surface area contributed by atoms with Crippen molar-refractivity contribution >= 4 is 11.8 Å². The Morgan fingerprint density at radius 2 is 2.00 bits per heavy atom. The predicted octanol–water partition coefficient (Wildman–Crippen LogP) is 2.69. The minimum atomic E-state index is -0.0384. The van der Waals surface area contributed by atoms with Crippen LogP contribution >= 0.6 is 11.8 Å². The molecule has 0 bridgehead atoms. The molecule has 1 rings (SSSR count). The van der Waals surface area contributed by atoms with Gasteiger partial charge in [-0.25, -0.2) is 0 Å². The van der Waals surface area contributed by atoms with E-state index in [4.69, 9.17) is 9.84 Å². The molecule has 1 fully saturated rings. The van der Waals surface area contributed by atoms with Crippen molar-refractivity contribution in [3.63, 3.8) is 0 Å². The maximum atomic E-state index is 9.00. The maximum absolute atomic E-state index is 9.00. The van der Waals surface area contributed by atoms with E-state index in [-0.39, 0.29) is 17.8 Å². The van der Waals surface area contributed by atoms with E-state index in [0.717, 1.165) is 12.2 Å². The number of thioether (sulfide) groups is 1. The van der Waals surface area contributed by atoms with E-state index in [1.807, 2.05) is 11.8 Å². The Morgan fingerprint density at radius 1 is 1.40 bits per heavy atom. The fourth-order valence-electron chi connectivity index (χ4n) is 2.10. The van der Waals surface area contributed by atoms with Crippen molar-refractivity contribution in [2.24, 2.45) is 5.92 Å². The van der Waals surface area contributed by atoms with Crippen LogP contribution in [0.3, 0.4) is 0 Å². The molecule has 0 aromatic heterocycles. The molecule has 2 nitrogen and oxygen atoms in total. The van der Waals surface area contributed by atoms with Crippen LogP contribution in [0.1, 0.15) is 41.0 Å². The highest BCUT2D eigenvalue weighted by atomic mass is 32.2. The Balaban J connectivity index is 2.48. The largest absolute Gasteiger partial charge is 0.396 e. The second kappa shape index (κ2) is 4.64. The fourth-order valence-corrected chi connectivity index (χ4v) is 3.74. The standard InChI is InChI=1S/C12H24O2S/c1-9(7-13)8-15-10-6-11(2,3)14-12(10,4)5/h9-10,13H,6-8H2,1-5H3. The maximum Gasteiger partial charge on any atom is 0.0752 e. The summed E-state index contributed by atoms with van der Waals surface area (Å²) in [5.41, 5.74) is -0.0348. The molecule has 0 aromatic carbocycles. The molecule has 0 aromatic rings. The van der Waals surface area contributed by atoms with Gasteiger partial charge in [-0.1, -0.05) is 6.92 Å². The molecule has 15 heavy (non-hydrogen) atoms. The van der Waals surface area contributed by atoms with Gasteiger partial charge >= 0.3 is 0 Å². The molecule has 2 unspecified atom stereocenters. The van der Waals surface area contributed by atoms with E-state index in [1.54, 1.807) is 0 Å². The lowest BCUT2D eigenvalue weighted by atomic mass is 10.0. The van der Waals surface area contributed by atoms with Crippen molar-refractivity contribution in [3.8, 4) is 0 Å². The zero-order valence-electron chi connectivity index (χ0n) is 10.5. The molecule has 0 spiro atoms. The van der Waals surface area contributed by atoms with Gasteiger partial charge in [0.1, 0.15) is 0 Å². The number of aliphatic hydroxyl groups is 1. The van der Waals surface area contributed by atoms with Crippen LogP contribution in [-0.4, -0.2) is 33.9 Å². The van der Waals surface area contributed by atoms with E-state index in [2.05, 4.69) is 34.6 Å². The van der Waals surface area contributed by atoms with Gasteiger partial charge in [-0.15, -0.1) is 0 Å². The summed E-state index contributed by atoms with van der Waals surface area (Å²) in [4.78, 5) is 0. The van der Waals surface area contributed by atoms with E-state index in [0.29, 0.717) is 11.2 Å². The van der Waals surface area contributed by atoms with Crippen LogP contribution in [0.5, 0.6) is 0 Å². The zero-order chi connectivity index (χ0) is 11.7. The minimum absolute atomic E-state index is 0.00359. The highest BCUT2D eigenvalue weighted by molar-refractivity contribution is 8.00. The number of hydrogen-bond donors (Lipinski definition) is 1. The Bertz CT molecular complexity index is 214. The van der Waals surface area contributed by atoms with E-state index >= 15 is 0 Å². The molecular formula is C12H24O2S. The summed E-state index contributed by atoms with van der Waals surface area (Å²) in [6.07, 6.45) is 1.10. The van der Waals surface area contributed by atoms with E-state index in [9.17, 15) is 0 Å². The van der Waals surface area contributed by atoms with Gasteiger partial charge in [0, 0.05) is 11.9 Å². The van der Waals surface area contributed by atoms with Crippen LogP contribution in [0.2, 0.25) is 0 Å². The average Bonchev–Trinajstić information content (AvgIpc) is 2.29. The van der Waals surface area contributed by atoms with Crippen molar-refractivity contribution < 1.29 is 9.84 Å². The lowest BCUT2D eigenvalue weighted by Crippen LogP contribution is -2.31. The Hall–Kier alpha value is 0.270. The zero-order valence-corrected chi connectivity index (χ0v) is 11.4. The predicted molar refractivity (Wildman–Crippen MR) is 66.4 cm³/mol. The van der Waals surface area contributed by atoms with Crippen LogP contribution < -0.4 is 0 Å². The molecule has 1 heterocycles. The molecule has 1 aliphatic rings. The molecule has 1 aliphatic heterocycles. The molecule has 1 saturated heterocycles. The van der Waals surface area contributed by atoms with Gasteiger partial charge in [0.05, 0.1) is 11.2 Å². The molecular weight excluding hydrogens is 208 g/mol. The molecule has 0 amide bonds. The summed E-state index contributed by atoms with van der Waals surface area (Å²) in [6.45, 7) is 11.0. The van der Waals surface area contributed by atoms with Crippen molar-refractivity contribution in [1.29, 1.82) is 0 Å². The Kier molecular flexibility index (Phi) is 4.13. The summed E-state index contributed by atoms with van der Waals surface area (Å²) in [7, 11) is 0. The molecule has 3 heteroatoms. The van der Waals surface area contributed by atoms with E-state index < -0.39 is 0 Å². The lowest BCUT2D eigenvalue weighted by Gasteiger charge is -2.27. The molecule has 0 saturated carbocycles. The van der Waals surface area contributed by atoms with Crippen LogP contribution in [0, 0.1) is 5.92 Å². The van der Waals surface area contributed by atoms with E-state index in [1.165, 1.54) is 0 Å². The Morgan fingerprint density at radius 3 is 2.40 bits per heavy atom. The number of ether oxygens (including phenoxy) is 1. The van der Waals surface area contributed by atoms with Crippen LogP contribution in [-0.2, 0) is 4.74 Å². The van der Waals surface area contributed by atoms with Crippen LogP contribution in [0.4, 0.5) is 0 Å². The van der Waals surface area contributed by atoms with Gasteiger partial charge in [-0.05, 0) is 45.8 Å². The number of hydrogen-bond acceptors (Lipinski definition) is 3. The first kappa shape index (κ1) is 13.3.